The van der Waals surface area contributed by atoms with Crippen molar-refractivity contribution in [3.05, 3.63) is 35.4 Å². The van der Waals surface area contributed by atoms with Gasteiger partial charge in [-0.05, 0) is 72.3 Å². The van der Waals surface area contributed by atoms with E-state index in [2.05, 4.69) is 53.6 Å². The van der Waals surface area contributed by atoms with Crippen LogP contribution in [0.4, 0.5) is 8.78 Å². The molecule has 3 atom stereocenters. The summed E-state index contributed by atoms with van der Waals surface area (Å²) in [5, 5.41) is 11.3. The quantitative estimate of drug-likeness (QED) is 0.286. The van der Waals surface area contributed by atoms with Gasteiger partial charge in [0.1, 0.15) is 12.3 Å². The van der Waals surface area contributed by atoms with Crippen LogP contribution in [0, 0.1) is 24.2 Å². The molecule has 3 aliphatic rings. The van der Waals surface area contributed by atoms with Crippen molar-refractivity contribution < 1.29 is 27.9 Å². The SMILES string of the molecule is C=O.CCCC(CCC)N1CCC1C(=O)N1C[C@H](C)CC1C.CCOC(C)=O.CNC1(C#N)CC1.Cc1cccc(C(C)(F)F)c1. The summed E-state index contributed by atoms with van der Waals surface area (Å²) in [6.45, 7) is 19.4. The van der Waals surface area contributed by atoms with Crippen LogP contribution in [0.2, 0.25) is 0 Å². The molecule has 1 amide bonds. The fourth-order valence-corrected chi connectivity index (χ4v) is 5.71. The van der Waals surface area contributed by atoms with Crippen molar-refractivity contribution >= 4 is 18.7 Å². The molecule has 10 heteroatoms. The molecule has 0 radical (unpaired) electrons. The standard InChI is InChI=1S/C17H32N2O.C9H10F2.C5H8N2.C4H8O2.CH2O/c1-5-7-15(8-6-2)18-10-9-16(18)17(20)19-12-13(3)11-14(19)4;1-7-4-3-5-8(6-7)9(2,10)11;1-7-5(4-6)2-3-5;1-3-6-4(2)5;1-2/h13-16H,5-12H2,1-4H3;3-6H,1-2H3;7H,2-3H2,1H3;3H2,1-2H3;1H2/t13-,14?,16?;;;;/m1..../s1. The van der Waals surface area contributed by atoms with Gasteiger partial charge in [0.2, 0.25) is 5.91 Å². The second-order valence-corrected chi connectivity index (χ2v) is 12.6. The minimum absolute atomic E-state index is 0.0810. The van der Waals surface area contributed by atoms with Gasteiger partial charge in [0.15, 0.2) is 0 Å². The van der Waals surface area contributed by atoms with E-state index in [9.17, 15) is 18.4 Å². The molecule has 1 saturated carbocycles. The predicted octanol–water partition coefficient (Wildman–Crippen LogP) is 7.04. The van der Waals surface area contributed by atoms with Crippen LogP contribution in [-0.2, 0) is 25.0 Å². The number of amides is 1. The Morgan fingerprint density at radius 3 is 2.02 bits per heavy atom. The van der Waals surface area contributed by atoms with E-state index in [1.807, 2.05) is 13.8 Å². The number of hydrogen-bond acceptors (Lipinski definition) is 7. The number of aryl methyl sites for hydroxylation is 1. The molecule has 2 heterocycles. The molecule has 262 valence electrons. The number of nitrogens with zero attached hydrogens (tertiary/aromatic N) is 3. The van der Waals surface area contributed by atoms with Gasteiger partial charge < -0.3 is 19.7 Å². The first-order valence-corrected chi connectivity index (χ1v) is 16.7. The van der Waals surface area contributed by atoms with Gasteiger partial charge in [-0.1, -0.05) is 63.4 Å². The van der Waals surface area contributed by atoms with E-state index >= 15 is 0 Å². The Morgan fingerprint density at radius 1 is 1.17 bits per heavy atom. The topological polar surface area (TPSA) is 103 Å². The second kappa shape index (κ2) is 21.8. The van der Waals surface area contributed by atoms with Crippen LogP contribution in [-0.4, -0.2) is 78.9 Å². The molecule has 2 unspecified atom stereocenters. The Balaban J connectivity index is 0.000000652. The van der Waals surface area contributed by atoms with E-state index in [0.29, 0.717) is 30.5 Å². The Labute approximate surface area is 277 Å². The Hall–Kier alpha value is -2.90. The van der Waals surface area contributed by atoms with Gasteiger partial charge in [-0.2, -0.15) is 5.26 Å². The first kappa shape index (κ1) is 43.1. The van der Waals surface area contributed by atoms with Crippen LogP contribution in [0.5, 0.6) is 0 Å². The molecule has 3 fully saturated rings. The Kier molecular flexibility index (Phi) is 20.4. The molecule has 2 aliphatic heterocycles. The maximum absolute atomic E-state index is 12.8. The van der Waals surface area contributed by atoms with Gasteiger partial charge in [-0.15, -0.1) is 0 Å². The third-order valence-electron chi connectivity index (χ3n) is 8.44. The lowest BCUT2D eigenvalue weighted by Crippen LogP contribution is -2.60. The van der Waals surface area contributed by atoms with E-state index in [0.717, 1.165) is 44.8 Å². The summed E-state index contributed by atoms with van der Waals surface area (Å²) < 4.78 is 29.7. The van der Waals surface area contributed by atoms with Gasteiger partial charge in [0.25, 0.3) is 5.92 Å². The molecule has 46 heavy (non-hydrogen) atoms. The Bertz CT molecular complexity index is 1060. The monoisotopic (exact) mass is 650 g/mol. The average molecular weight is 651 g/mol. The fourth-order valence-electron chi connectivity index (χ4n) is 5.71. The lowest BCUT2D eigenvalue weighted by atomic mass is 9.93. The number of halogens is 2. The van der Waals surface area contributed by atoms with Gasteiger partial charge >= 0.3 is 5.97 Å². The minimum Gasteiger partial charge on any atom is -0.466 e. The van der Waals surface area contributed by atoms with Gasteiger partial charge in [-0.3, -0.25) is 14.5 Å². The molecular formula is C36H60F2N4O4. The van der Waals surface area contributed by atoms with Crippen molar-refractivity contribution in [1.82, 2.24) is 15.1 Å². The zero-order valence-electron chi connectivity index (χ0n) is 29.8. The molecule has 1 aromatic rings. The third-order valence-corrected chi connectivity index (χ3v) is 8.44. The average Bonchev–Trinajstić information content (AvgIpc) is 3.70. The summed E-state index contributed by atoms with van der Waals surface area (Å²) in [5.74, 6) is -1.85. The van der Waals surface area contributed by atoms with Crippen LogP contribution < -0.4 is 5.32 Å². The summed E-state index contributed by atoms with van der Waals surface area (Å²) in [4.78, 5) is 35.3. The van der Waals surface area contributed by atoms with Crippen LogP contribution in [0.15, 0.2) is 24.3 Å². The van der Waals surface area contributed by atoms with Gasteiger partial charge in [-0.25, -0.2) is 8.78 Å². The number of hydrogen-bond donors (Lipinski definition) is 1. The van der Waals surface area contributed by atoms with Crippen molar-refractivity contribution in [3.63, 3.8) is 0 Å². The zero-order chi connectivity index (χ0) is 35.5. The molecule has 0 spiro atoms. The number of nitriles is 1. The summed E-state index contributed by atoms with van der Waals surface area (Å²) in [5.41, 5.74) is 0.835. The Morgan fingerprint density at radius 2 is 1.76 bits per heavy atom. The summed E-state index contributed by atoms with van der Waals surface area (Å²) in [6, 6.07) is 9.82. The van der Waals surface area contributed by atoms with E-state index in [1.54, 1.807) is 26.0 Å². The van der Waals surface area contributed by atoms with E-state index in [1.165, 1.54) is 51.2 Å². The number of likely N-dealkylation sites (tertiary alicyclic amines) is 2. The molecule has 8 nitrogen and oxygen atoms in total. The molecule has 4 rings (SSSR count). The largest absolute Gasteiger partial charge is 0.466 e. The molecular weight excluding hydrogens is 590 g/mol. The van der Waals surface area contributed by atoms with Crippen LogP contribution in [0.3, 0.4) is 0 Å². The van der Waals surface area contributed by atoms with Crippen molar-refractivity contribution in [1.29, 1.82) is 5.26 Å². The summed E-state index contributed by atoms with van der Waals surface area (Å²) in [6.07, 6.45) is 9.22. The smallest absolute Gasteiger partial charge is 0.302 e. The normalized spacial score (nSPS) is 20.8. The highest BCUT2D eigenvalue weighted by Crippen LogP contribution is 2.33. The van der Waals surface area contributed by atoms with Crippen LogP contribution >= 0.6 is 0 Å². The molecule has 1 aromatic carbocycles. The molecule has 0 bridgehead atoms. The minimum atomic E-state index is -2.72. The maximum atomic E-state index is 12.8. The lowest BCUT2D eigenvalue weighted by molar-refractivity contribution is -0.144. The zero-order valence-corrected chi connectivity index (χ0v) is 29.8. The first-order valence-electron chi connectivity index (χ1n) is 16.7. The number of benzene rings is 1. The van der Waals surface area contributed by atoms with Crippen molar-refractivity contribution in [2.24, 2.45) is 5.92 Å². The molecule has 0 aromatic heterocycles. The fraction of sp³-hybridized carbons (Fsp3) is 0.722. The number of esters is 1. The van der Waals surface area contributed by atoms with E-state index < -0.39 is 5.92 Å². The van der Waals surface area contributed by atoms with Crippen LogP contribution in [0.25, 0.3) is 0 Å². The number of carbonyl (C=O) groups excluding carboxylic acids is 3. The van der Waals surface area contributed by atoms with Crippen molar-refractivity contribution in [2.45, 2.75) is 136 Å². The first-order chi connectivity index (χ1) is 21.7. The third kappa shape index (κ3) is 15.1. The predicted molar refractivity (Wildman–Crippen MR) is 180 cm³/mol. The van der Waals surface area contributed by atoms with Gasteiger partial charge in [0, 0.05) is 44.6 Å². The number of alkyl halides is 2. The summed E-state index contributed by atoms with van der Waals surface area (Å²) in [7, 11) is 1.83. The highest BCUT2D eigenvalue weighted by Gasteiger charge is 2.43. The maximum Gasteiger partial charge on any atom is 0.302 e. The molecule has 1 N–H and O–H groups in total. The highest BCUT2D eigenvalue weighted by molar-refractivity contribution is 5.83. The van der Waals surface area contributed by atoms with Crippen LogP contribution in [0.1, 0.15) is 111 Å². The second-order valence-electron chi connectivity index (χ2n) is 12.6. The highest BCUT2D eigenvalue weighted by atomic mass is 19.3. The molecule has 2 saturated heterocycles. The summed E-state index contributed by atoms with van der Waals surface area (Å²) >= 11 is 0. The number of ether oxygens (including phenoxy) is 1. The number of nitrogens with one attached hydrogen (secondary N) is 1. The van der Waals surface area contributed by atoms with Gasteiger partial charge in [0.05, 0.1) is 18.7 Å². The van der Waals surface area contributed by atoms with Crippen molar-refractivity contribution in [2.75, 3.05) is 26.7 Å². The number of carbonyl (C=O) groups is 3. The lowest BCUT2D eigenvalue weighted by Gasteiger charge is -2.47. The number of rotatable bonds is 9. The van der Waals surface area contributed by atoms with Crippen molar-refractivity contribution in [3.8, 4) is 6.07 Å². The van der Waals surface area contributed by atoms with E-state index in [-0.39, 0.29) is 23.1 Å². The molecule has 1 aliphatic carbocycles. The van der Waals surface area contributed by atoms with E-state index in [4.69, 9.17) is 10.1 Å².